The predicted octanol–water partition coefficient (Wildman–Crippen LogP) is 4.24. The molecule has 0 saturated heterocycles. The first-order chi connectivity index (χ1) is 15.8. The molecule has 0 fully saturated rings. The normalized spacial score (nSPS) is 14.8. The number of carbonyl (C=O) groups excluding carboxylic acids is 3. The fourth-order valence-corrected chi connectivity index (χ4v) is 3.75. The van der Waals surface area contributed by atoms with Crippen LogP contribution in [0.3, 0.4) is 0 Å². The first-order valence-electron chi connectivity index (χ1n) is 9.87. The summed E-state index contributed by atoms with van der Waals surface area (Å²) in [6, 6.07) is 17.8. The average Bonchev–Trinajstić information content (AvgIpc) is 2.80. The summed E-state index contributed by atoms with van der Waals surface area (Å²) in [7, 11) is 0. The highest BCUT2D eigenvalue weighted by Gasteiger charge is 2.39. The number of amides is 3. The van der Waals surface area contributed by atoms with Gasteiger partial charge < -0.3 is 10.6 Å². The lowest BCUT2D eigenvalue weighted by Crippen LogP contribution is -2.52. The van der Waals surface area contributed by atoms with Crippen molar-refractivity contribution in [2.75, 3.05) is 15.5 Å². The van der Waals surface area contributed by atoms with E-state index in [0.717, 1.165) is 6.07 Å². The molecule has 1 atom stereocenters. The summed E-state index contributed by atoms with van der Waals surface area (Å²) in [5.74, 6) is -1.69. The molecule has 0 aromatic heterocycles. The molecule has 33 heavy (non-hydrogen) atoms. The van der Waals surface area contributed by atoms with E-state index in [4.69, 9.17) is 11.6 Å². The number of nitrogens with zero attached hydrogens (tertiary/aromatic N) is 2. The summed E-state index contributed by atoms with van der Waals surface area (Å²) in [5.41, 5.74) is 0.835. The molecule has 0 unspecified atom stereocenters. The van der Waals surface area contributed by atoms with E-state index < -0.39 is 34.4 Å². The topological polar surface area (TPSA) is 122 Å². The Balaban J connectivity index is 1.70. The second-order valence-corrected chi connectivity index (χ2v) is 7.65. The molecular formula is C23H17ClN4O5. The van der Waals surface area contributed by atoms with Gasteiger partial charge >= 0.3 is 0 Å². The Morgan fingerprint density at radius 1 is 1.06 bits per heavy atom. The number of hydrogen-bond donors (Lipinski definition) is 2. The standard InChI is InChI=1S/C23H17ClN4O5/c24-16-11-10-14(12-19(16)28(32)33)23(31)27-18-9-5-4-8-17(18)26-22(30)20(27)13-21(29)25-15-6-2-1-3-7-15/h1-12,20H,13H2,(H,25,29)(H,26,30)/t20-/m0/s1. The van der Waals surface area contributed by atoms with Crippen LogP contribution in [-0.4, -0.2) is 28.7 Å². The number of fused-ring (bicyclic) bond motifs is 1. The summed E-state index contributed by atoms with van der Waals surface area (Å²) < 4.78 is 0. The molecule has 0 bridgehead atoms. The van der Waals surface area contributed by atoms with Crippen molar-refractivity contribution in [3.63, 3.8) is 0 Å². The minimum absolute atomic E-state index is 0.0379. The molecule has 0 saturated carbocycles. The quantitative estimate of drug-likeness (QED) is 0.432. The van der Waals surface area contributed by atoms with Gasteiger partial charge in [0, 0.05) is 17.3 Å². The van der Waals surface area contributed by atoms with Gasteiger partial charge in [-0.05, 0) is 36.4 Å². The van der Waals surface area contributed by atoms with Crippen molar-refractivity contribution in [3.8, 4) is 0 Å². The van der Waals surface area contributed by atoms with Gasteiger partial charge in [-0.3, -0.25) is 29.4 Å². The number of anilines is 3. The van der Waals surface area contributed by atoms with Crippen molar-refractivity contribution in [3.05, 3.63) is 93.5 Å². The molecule has 1 aliphatic rings. The third-order valence-corrected chi connectivity index (χ3v) is 5.40. The first kappa shape index (κ1) is 22.0. The number of carbonyl (C=O) groups is 3. The molecule has 0 spiro atoms. The van der Waals surface area contributed by atoms with Gasteiger partial charge in [-0.2, -0.15) is 0 Å². The number of halogens is 1. The molecule has 0 aliphatic carbocycles. The summed E-state index contributed by atoms with van der Waals surface area (Å²) in [6.07, 6.45) is -0.323. The maximum Gasteiger partial charge on any atom is 0.288 e. The molecule has 0 radical (unpaired) electrons. The number of hydrogen-bond acceptors (Lipinski definition) is 5. The molecule has 3 amide bonds. The SMILES string of the molecule is O=C(C[C@H]1C(=O)Nc2ccccc2N1C(=O)c1ccc(Cl)c([N+](=O)[O-])c1)Nc1ccccc1. The van der Waals surface area contributed by atoms with E-state index >= 15 is 0 Å². The molecule has 4 rings (SSSR count). The minimum atomic E-state index is -1.18. The van der Waals surface area contributed by atoms with Crippen LogP contribution in [-0.2, 0) is 9.59 Å². The lowest BCUT2D eigenvalue weighted by Gasteiger charge is -2.36. The van der Waals surface area contributed by atoms with Crippen LogP contribution in [0.15, 0.2) is 72.8 Å². The van der Waals surface area contributed by atoms with Crippen molar-refractivity contribution in [2.45, 2.75) is 12.5 Å². The van der Waals surface area contributed by atoms with Gasteiger partial charge in [-0.15, -0.1) is 0 Å². The largest absolute Gasteiger partial charge is 0.326 e. The Kier molecular flexibility index (Phi) is 6.05. The highest BCUT2D eigenvalue weighted by molar-refractivity contribution is 6.33. The predicted molar refractivity (Wildman–Crippen MR) is 123 cm³/mol. The Bertz CT molecular complexity index is 1260. The van der Waals surface area contributed by atoms with E-state index in [0.29, 0.717) is 17.1 Å². The smallest absolute Gasteiger partial charge is 0.288 e. The molecule has 1 heterocycles. The number of nitrogens with one attached hydrogen (secondary N) is 2. The van der Waals surface area contributed by atoms with E-state index in [1.807, 2.05) is 0 Å². The number of benzene rings is 3. The minimum Gasteiger partial charge on any atom is -0.326 e. The summed E-state index contributed by atoms with van der Waals surface area (Å²) in [6.45, 7) is 0. The molecule has 3 aromatic carbocycles. The van der Waals surface area contributed by atoms with Gasteiger partial charge in [0.2, 0.25) is 11.8 Å². The Labute approximate surface area is 193 Å². The third kappa shape index (κ3) is 4.53. The van der Waals surface area contributed by atoms with Gasteiger partial charge in [-0.25, -0.2) is 0 Å². The molecular weight excluding hydrogens is 448 g/mol. The van der Waals surface area contributed by atoms with Gasteiger partial charge in [0.25, 0.3) is 11.6 Å². The van der Waals surface area contributed by atoms with Crippen LogP contribution in [0.25, 0.3) is 0 Å². The van der Waals surface area contributed by atoms with Crippen molar-refractivity contribution < 1.29 is 19.3 Å². The van der Waals surface area contributed by atoms with E-state index in [1.54, 1.807) is 54.6 Å². The zero-order valence-corrected chi connectivity index (χ0v) is 17.8. The molecule has 9 nitrogen and oxygen atoms in total. The van der Waals surface area contributed by atoms with E-state index in [1.165, 1.54) is 17.0 Å². The van der Waals surface area contributed by atoms with Crippen molar-refractivity contribution in [2.24, 2.45) is 0 Å². The molecule has 166 valence electrons. The van der Waals surface area contributed by atoms with Crippen LogP contribution in [0.2, 0.25) is 5.02 Å². The Morgan fingerprint density at radius 2 is 1.76 bits per heavy atom. The van der Waals surface area contributed by atoms with Crippen LogP contribution in [0.5, 0.6) is 0 Å². The first-order valence-corrected chi connectivity index (χ1v) is 10.3. The number of nitro benzene ring substituents is 1. The van der Waals surface area contributed by atoms with Gasteiger partial charge in [0.05, 0.1) is 22.7 Å². The maximum atomic E-state index is 13.5. The van der Waals surface area contributed by atoms with Crippen LogP contribution in [0.4, 0.5) is 22.7 Å². The molecule has 2 N–H and O–H groups in total. The zero-order valence-electron chi connectivity index (χ0n) is 17.0. The monoisotopic (exact) mass is 464 g/mol. The molecule has 10 heteroatoms. The van der Waals surface area contributed by atoms with E-state index in [9.17, 15) is 24.5 Å². The van der Waals surface area contributed by atoms with Crippen molar-refractivity contribution in [1.29, 1.82) is 0 Å². The zero-order chi connectivity index (χ0) is 23.5. The van der Waals surface area contributed by atoms with Crippen LogP contribution in [0, 0.1) is 10.1 Å². The van der Waals surface area contributed by atoms with Gasteiger partial charge in [0.15, 0.2) is 0 Å². The lowest BCUT2D eigenvalue weighted by atomic mass is 10.0. The maximum absolute atomic E-state index is 13.5. The highest BCUT2D eigenvalue weighted by Crippen LogP contribution is 2.35. The van der Waals surface area contributed by atoms with Gasteiger partial charge in [-0.1, -0.05) is 41.9 Å². The van der Waals surface area contributed by atoms with Crippen LogP contribution < -0.4 is 15.5 Å². The van der Waals surface area contributed by atoms with Crippen LogP contribution in [0.1, 0.15) is 16.8 Å². The van der Waals surface area contributed by atoms with E-state index in [-0.39, 0.29) is 17.0 Å². The van der Waals surface area contributed by atoms with Gasteiger partial charge in [0.1, 0.15) is 11.1 Å². The lowest BCUT2D eigenvalue weighted by molar-refractivity contribution is -0.384. The van der Waals surface area contributed by atoms with Crippen molar-refractivity contribution in [1.82, 2.24) is 0 Å². The number of para-hydroxylation sites is 3. The van der Waals surface area contributed by atoms with E-state index in [2.05, 4.69) is 10.6 Å². The number of nitro groups is 1. The second kappa shape index (κ2) is 9.09. The summed E-state index contributed by atoms with van der Waals surface area (Å²) in [4.78, 5) is 50.9. The highest BCUT2D eigenvalue weighted by atomic mass is 35.5. The fourth-order valence-electron chi connectivity index (χ4n) is 3.56. The number of rotatable bonds is 5. The summed E-state index contributed by atoms with van der Waals surface area (Å²) >= 11 is 5.88. The summed E-state index contributed by atoms with van der Waals surface area (Å²) in [5, 5.41) is 16.6. The van der Waals surface area contributed by atoms with Crippen molar-refractivity contribution >= 4 is 52.1 Å². The Morgan fingerprint density at radius 3 is 2.48 bits per heavy atom. The average molecular weight is 465 g/mol. The molecule has 1 aliphatic heterocycles. The van der Waals surface area contributed by atoms with Crippen LogP contribution >= 0.6 is 11.6 Å². The second-order valence-electron chi connectivity index (χ2n) is 7.24. The third-order valence-electron chi connectivity index (χ3n) is 5.08. The fraction of sp³-hybridized carbons (Fsp3) is 0.0870. The molecule has 3 aromatic rings. The Hall–Kier alpha value is -4.24.